The van der Waals surface area contributed by atoms with Crippen LogP contribution in [-0.2, 0) is 13.0 Å². The zero-order valence-electron chi connectivity index (χ0n) is 16.7. The summed E-state index contributed by atoms with van der Waals surface area (Å²) < 4.78 is 8.46. The van der Waals surface area contributed by atoms with Crippen molar-refractivity contribution in [2.75, 3.05) is 0 Å². The molecule has 7 nitrogen and oxygen atoms in total. The molecule has 5 rings (SSSR count). The van der Waals surface area contributed by atoms with Crippen LogP contribution in [0.1, 0.15) is 18.4 Å². The zero-order valence-corrected chi connectivity index (χ0v) is 17.5. The van der Waals surface area contributed by atoms with Crippen LogP contribution in [0.25, 0.3) is 28.2 Å². The van der Waals surface area contributed by atoms with E-state index in [-0.39, 0.29) is 12.1 Å². The summed E-state index contributed by atoms with van der Waals surface area (Å²) in [5.41, 5.74) is 4.06. The molecule has 5 aromatic rings. The molecule has 0 amide bonds. The van der Waals surface area contributed by atoms with E-state index in [0.29, 0.717) is 22.3 Å². The largest absolute Gasteiger partial charge is 0.337 e. The van der Waals surface area contributed by atoms with Gasteiger partial charge in [0.15, 0.2) is 0 Å². The van der Waals surface area contributed by atoms with Gasteiger partial charge in [0.2, 0.25) is 11.7 Å². The Labute approximate surface area is 182 Å². The van der Waals surface area contributed by atoms with Crippen LogP contribution in [0.15, 0.2) is 76.3 Å². The van der Waals surface area contributed by atoms with Crippen LogP contribution in [0, 0.1) is 0 Å². The number of aryl methyl sites for hydroxylation is 1. The van der Waals surface area contributed by atoms with Gasteiger partial charge in [-0.15, -0.1) is 0 Å². The molecular weight excluding hydrogens is 414 g/mol. The molecule has 0 spiro atoms. The number of hydrogen-bond donors (Lipinski definition) is 0. The Balaban J connectivity index is 1.43. The molecule has 3 heterocycles. The number of halogens is 1. The molecule has 0 bridgehead atoms. The van der Waals surface area contributed by atoms with Gasteiger partial charge in [0.1, 0.15) is 12.1 Å². The first-order chi connectivity index (χ1) is 15.1. The Kier molecular flexibility index (Phi) is 4.88. The second-order valence-electron chi connectivity index (χ2n) is 7.16. The topological polar surface area (TPSA) is 78.2 Å². The van der Waals surface area contributed by atoms with Gasteiger partial charge in [-0.3, -0.25) is 4.79 Å². The molecular formula is C23H18ClN5O2. The van der Waals surface area contributed by atoms with Crippen molar-refractivity contribution >= 4 is 17.1 Å². The Hall–Kier alpha value is -3.71. The van der Waals surface area contributed by atoms with Gasteiger partial charge in [0.05, 0.1) is 5.69 Å². The molecule has 8 heteroatoms. The van der Waals surface area contributed by atoms with Crippen molar-refractivity contribution in [3.05, 3.63) is 93.8 Å². The highest BCUT2D eigenvalue weighted by Gasteiger charge is 2.13. The predicted octanol–water partition coefficient (Wildman–Crippen LogP) is 4.48. The molecule has 0 atom stereocenters. The van der Waals surface area contributed by atoms with E-state index in [1.807, 2.05) is 24.3 Å². The lowest BCUT2D eigenvalue weighted by Crippen LogP contribution is -2.21. The summed E-state index contributed by atoms with van der Waals surface area (Å²) >= 11 is 5.92. The van der Waals surface area contributed by atoms with Crippen molar-refractivity contribution in [3.63, 3.8) is 0 Å². The first kappa shape index (κ1) is 19.3. The highest BCUT2D eigenvalue weighted by atomic mass is 35.5. The third kappa shape index (κ3) is 3.75. The summed E-state index contributed by atoms with van der Waals surface area (Å²) in [4.78, 5) is 17.4. The maximum atomic E-state index is 13.0. The molecule has 0 saturated heterocycles. The molecule has 154 valence electrons. The van der Waals surface area contributed by atoms with E-state index >= 15 is 0 Å². The second kappa shape index (κ2) is 7.85. The van der Waals surface area contributed by atoms with Gasteiger partial charge in [-0.05, 0) is 42.3 Å². The van der Waals surface area contributed by atoms with E-state index in [2.05, 4.69) is 34.3 Å². The molecule has 0 aliphatic heterocycles. The van der Waals surface area contributed by atoms with Gasteiger partial charge in [-0.1, -0.05) is 47.9 Å². The van der Waals surface area contributed by atoms with E-state index in [1.165, 1.54) is 10.1 Å². The molecule has 0 saturated carbocycles. The maximum Gasteiger partial charge on any atom is 0.277 e. The molecule has 3 aromatic heterocycles. The minimum Gasteiger partial charge on any atom is -0.337 e. The number of nitrogens with zero attached hydrogens (tertiary/aromatic N) is 5. The van der Waals surface area contributed by atoms with Crippen LogP contribution in [0.5, 0.6) is 0 Å². The van der Waals surface area contributed by atoms with Crippen molar-refractivity contribution in [3.8, 4) is 22.6 Å². The fourth-order valence-corrected chi connectivity index (χ4v) is 3.51. The smallest absolute Gasteiger partial charge is 0.277 e. The molecule has 31 heavy (non-hydrogen) atoms. The van der Waals surface area contributed by atoms with Gasteiger partial charge in [0, 0.05) is 28.5 Å². The Morgan fingerprint density at radius 1 is 1.00 bits per heavy atom. The van der Waals surface area contributed by atoms with Crippen LogP contribution < -0.4 is 5.56 Å². The Morgan fingerprint density at radius 2 is 1.74 bits per heavy atom. The monoisotopic (exact) mass is 431 g/mol. The Bertz CT molecular complexity index is 1420. The number of hydrogen-bond acceptors (Lipinski definition) is 5. The van der Waals surface area contributed by atoms with Gasteiger partial charge in [-0.25, -0.2) is 4.52 Å². The van der Waals surface area contributed by atoms with E-state index in [1.54, 1.807) is 35.1 Å². The average molecular weight is 432 g/mol. The molecule has 2 aromatic carbocycles. The van der Waals surface area contributed by atoms with Crippen molar-refractivity contribution in [2.45, 2.75) is 19.9 Å². The summed E-state index contributed by atoms with van der Waals surface area (Å²) in [6.07, 6.45) is 4.39. The fourth-order valence-electron chi connectivity index (χ4n) is 3.38. The fraction of sp³-hybridized carbons (Fsp3) is 0.130. The van der Waals surface area contributed by atoms with Gasteiger partial charge in [-0.2, -0.15) is 10.1 Å². The van der Waals surface area contributed by atoms with Gasteiger partial charge < -0.3 is 9.09 Å². The van der Waals surface area contributed by atoms with E-state index in [4.69, 9.17) is 16.1 Å². The van der Waals surface area contributed by atoms with E-state index in [9.17, 15) is 4.79 Å². The molecule has 0 radical (unpaired) electrons. The van der Waals surface area contributed by atoms with Crippen molar-refractivity contribution < 1.29 is 4.52 Å². The number of fused-ring (bicyclic) bond motifs is 1. The van der Waals surface area contributed by atoms with Crippen LogP contribution in [0.2, 0.25) is 5.02 Å². The number of benzene rings is 2. The van der Waals surface area contributed by atoms with Gasteiger partial charge >= 0.3 is 0 Å². The number of rotatable bonds is 5. The standard InChI is InChI=1S/C23H18ClN5O2/c1-2-15-3-5-16(6-4-15)19-13-20-23(30)28(11-12-29(20)26-19)14-21-25-22(27-31-21)17-7-9-18(24)10-8-17/h3-13H,2,14H2,1H3. The summed E-state index contributed by atoms with van der Waals surface area (Å²) in [6.45, 7) is 2.28. The first-order valence-corrected chi connectivity index (χ1v) is 10.2. The minimum atomic E-state index is -0.183. The molecule has 0 aliphatic carbocycles. The molecule has 0 N–H and O–H groups in total. The molecule has 0 fully saturated rings. The highest BCUT2D eigenvalue weighted by molar-refractivity contribution is 6.30. The summed E-state index contributed by atoms with van der Waals surface area (Å²) in [5, 5.41) is 9.17. The third-order valence-corrected chi connectivity index (χ3v) is 5.39. The van der Waals surface area contributed by atoms with Gasteiger partial charge in [0.25, 0.3) is 5.56 Å². The van der Waals surface area contributed by atoms with Crippen LogP contribution in [0.4, 0.5) is 0 Å². The quantitative estimate of drug-likeness (QED) is 0.410. The lowest BCUT2D eigenvalue weighted by molar-refractivity contribution is 0.370. The predicted molar refractivity (Wildman–Crippen MR) is 118 cm³/mol. The minimum absolute atomic E-state index is 0.168. The lowest BCUT2D eigenvalue weighted by atomic mass is 10.1. The maximum absolute atomic E-state index is 13.0. The molecule has 0 aliphatic rings. The van der Waals surface area contributed by atoms with E-state index < -0.39 is 0 Å². The van der Waals surface area contributed by atoms with Crippen LogP contribution >= 0.6 is 11.6 Å². The first-order valence-electron chi connectivity index (χ1n) is 9.87. The third-order valence-electron chi connectivity index (χ3n) is 5.14. The van der Waals surface area contributed by atoms with E-state index in [0.717, 1.165) is 23.2 Å². The lowest BCUT2D eigenvalue weighted by Gasteiger charge is -2.02. The van der Waals surface area contributed by atoms with Crippen LogP contribution in [-0.4, -0.2) is 24.3 Å². The Morgan fingerprint density at radius 3 is 2.48 bits per heavy atom. The molecule has 0 unspecified atom stereocenters. The summed E-state index contributed by atoms with van der Waals surface area (Å²) in [7, 11) is 0. The van der Waals surface area contributed by atoms with Crippen molar-refractivity contribution in [1.29, 1.82) is 0 Å². The SMILES string of the molecule is CCc1ccc(-c2cc3c(=O)n(Cc4nc(-c5ccc(Cl)cc5)no4)ccn3n2)cc1. The number of aromatic nitrogens is 5. The summed E-state index contributed by atoms with van der Waals surface area (Å²) in [5.74, 6) is 0.786. The van der Waals surface area contributed by atoms with Crippen LogP contribution in [0.3, 0.4) is 0 Å². The second-order valence-corrected chi connectivity index (χ2v) is 7.60. The highest BCUT2D eigenvalue weighted by Crippen LogP contribution is 2.20. The van der Waals surface area contributed by atoms with Crippen molar-refractivity contribution in [1.82, 2.24) is 24.3 Å². The average Bonchev–Trinajstić information content (AvgIpc) is 3.44. The zero-order chi connectivity index (χ0) is 21.4. The summed E-state index contributed by atoms with van der Waals surface area (Å²) in [6, 6.07) is 17.2. The normalized spacial score (nSPS) is 11.3. The van der Waals surface area contributed by atoms with Crippen molar-refractivity contribution in [2.24, 2.45) is 0 Å².